The summed E-state index contributed by atoms with van der Waals surface area (Å²) >= 11 is 5.24. The molecule has 0 N–H and O–H groups in total. The van der Waals surface area contributed by atoms with Crippen LogP contribution in [0.4, 0.5) is 0 Å². The van der Waals surface area contributed by atoms with E-state index in [9.17, 15) is 0 Å². The third-order valence-electron chi connectivity index (χ3n) is 2.15. The molecule has 4 heteroatoms. The number of aryl methyl sites for hydroxylation is 1. The van der Waals surface area contributed by atoms with Gasteiger partial charge in [-0.05, 0) is 43.3 Å². The first-order chi connectivity index (χ1) is 7.74. The maximum atomic E-state index is 4.48. The highest BCUT2D eigenvalue weighted by atomic mass is 79.9. The molecule has 0 aliphatic carbocycles. The fourth-order valence-corrected chi connectivity index (χ4v) is 2.44. The first-order valence-electron chi connectivity index (χ1n) is 5.05. The van der Waals surface area contributed by atoms with Crippen LogP contribution in [0.15, 0.2) is 51.8 Å². The molecule has 0 aliphatic rings. The van der Waals surface area contributed by atoms with Crippen molar-refractivity contribution in [2.45, 2.75) is 17.6 Å². The van der Waals surface area contributed by atoms with Gasteiger partial charge in [0.05, 0.1) is 5.69 Å². The van der Waals surface area contributed by atoms with Gasteiger partial charge >= 0.3 is 0 Å². The highest BCUT2D eigenvalue weighted by molar-refractivity contribution is 9.10. The van der Waals surface area contributed by atoms with Gasteiger partial charge in [-0.1, -0.05) is 22.0 Å². The predicted octanol–water partition coefficient (Wildman–Crippen LogP) is 4.87. The number of rotatable bonds is 3. The standard InChI is InChI=1S/C13H12BrNS.ClH/c1-10-3-2-4-12(15-10)9-16-13-7-5-11(14)6-8-13;/h2-8H,9H2,1H3;1H. The molecule has 0 spiro atoms. The lowest BCUT2D eigenvalue weighted by Crippen LogP contribution is -1.88. The molecule has 1 heterocycles. The van der Waals surface area contributed by atoms with E-state index < -0.39 is 0 Å². The Bertz CT molecular complexity index is 473. The van der Waals surface area contributed by atoms with E-state index in [4.69, 9.17) is 0 Å². The van der Waals surface area contributed by atoms with E-state index in [1.165, 1.54) is 4.90 Å². The molecular formula is C13H13BrClNS. The third-order valence-corrected chi connectivity index (χ3v) is 3.72. The second kappa shape index (κ2) is 7.04. The fraction of sp³-hybridized carbons (Fsp3) is 0.154. The minimum absolute atomic E-state index is 0. The van der Waals surface area contributed by atoms with E-state index >= 15 is 0 Å². The van der Waals surface area contributed by atoms with Crippen molar-refractivity contribution in [3.05, 3.63) is 58.3 Å². The van der Waals surface area contributed by atoms with E-state index in [0.29, 0.717) is 0 Å². The minimum atomic E-state index is 0. The van der Waals surface area contributed by atoms with Crippen molar-refractivity contribution in [1.82, 2.24) is 4.98 Å². The van der Waals surface area contributed by atoms with Crippen LogP contribution in [0.2, 0.25) is 0 Å². The Kier molecular flexibility index (Phi) is 6.03. The second-order valence-corrected chi connectivity index (χ2v) is 5.48. The molecule has 0 aliphatic heterocycles. The summed E-state index contributed by atoms with van der Waals surface area (Å²) in [5, 5.41) is 0. The smallest absolute Gasteiger partial charge is 0.0509 e. The second-order valence-electron chi connectivity index (χ2n) is 3.51. The highest BCUT2D eigenvalue weighted by Crippen LogP contribution is 2.23. The molecule has 1 aromatic heterocycles. The van der Waals surface area contributed by atoms with Crippen LogP contribution in [0, 0.1) is 6.92 Å². The van der Waals surface area contributed by atoms with E-state index in [2.05, 4.69) is 57.3 Å². The molecule has 2 aromatic rings. The Morgan fingerprint density at radius 1 is 1.12 bits per heavy atom. The van der Waals surface area contributed by atoms with Crippen LogP contribution in [0.3, 0.4) is 0 Å². The normalized spacial score (nSPS) is 9.76. The van der Waals surface area contributed by atoms with E-state index in [-0.39, 0.29) is 12.4 Å². The van der Waals surface area contributed by atoms with Gasteiger partial charge in [0.2, 0.25) is 0 Å². The maximum Gasteiger partial charge on any atom is 0.0509 e. The van der Waals surface area contributed by atoms with Gasteiger partial charge < -0.3 is 0 Å². The number of thioether (sulfide) groups is 1. The summed E-state index contributed by atoms with van der Waals surface area (Å²) in [5.74, 6) is 0.920. The Morgan fingerprint density at radius 3 is 2.47 bits per heavy atom. The first kappa shape index (κ1) is 14.6. The molecule has 1 nitrogen and oxygen atoms in total. The number of nitrogens with zero attached hydrogens (tertiary/aromatic N) is 1. The maximum absolute atomic E-state index is 4.48. The van der Waals surface area contributed by atoms with Gasteiger partial charge in [0, 0.05) is 20.8 Å². The zero-order valence-electron chi connectivity index (χ0n) is 9.39. The molecule has 17 heavy (non-hydrogen) atoms. The third kappa shape index (κ3) is 4.70. The zero-order valence-corrected chi connectivity index (χ0v) is 12.6. The van der Waals surface area contributed by atoms with Crippen LogP contribution in [0.25, 0.3) is 0 Å². The number of aromatic nitrogens is 1. The molecular weight excluding hydrogens is 318 g/mol. The molecule has 0 unspecified atom stereocenters. The van der Waals surface area contributed by atoms with Crippen molar-refractivity contribution in [2.24, 2.45) is 0 Å². The van der Waals surface area contributed by atoms with Crippen molar-refractivity contribution in [2.75, 3.05) is 0 Å². The summed E-state index contributed by atoms with van der Waals surface area (Å²) in [5.41, 5.74) is 2.21. The minimum Gasteiger partial charge on any atom is -0.257 e. The van der Waals surface area contributed by atoms with Crippen LogP contribution in [0.5, 0.6) is 0 Å². The van der Waals surface area contributed by atoms with Gasteiger partial charge in [0.25, 0.3) is 0 Å². The van der Waals surface area contributed by atoms with Gasteiger partial charge in [-0.15, -0.1) is 24.2 Å². The fourth-order valence-electron chi connectivity index (χ4n) is 1.37. The van der Waals surface area contributed by atoms with E-state index in [1.807, 2.05) is 24.8 Å². The Balaban J connectivity index is 0.00000144. The lowest BCUT2D eigenvalue weighted by molar-refractivity contribution is 1.11. The number of pyridine rings is 1. The van der Waals surface area contributed by atoms with Crippen molar-refractivity contribution in [3.63, 3.8) is 0 Å². The van der Waals surface area contributed by atoms with Crippen LogP contribution >= 0.6 is 40.1 Å². The van der Waals surface area contributed by atoms with E-state index in [0.717, 1.165) is 21.6 Å². The highest BCUT2D eigenvalue weighted by Gasteiger charge is 1.97. The predicted molar refractivity (Wildman–Crippen MR) is 79.9 cm³/mol. The summed E-state index contributed by atoms with van der Waals surface area (Å²) in [7, 11) is 0. The van der Waals surface area contributed by atoms with Gasteiger partial charge in [-0.3, -0.25) is 4.98 Å². The van der Waals surface area contributed by atoms with Crippen LogP contribution in [-0.2, 0) is 5.75 Å². The van der Waals surface area contributed by atoms with Crippen molar-refractivity contribution in [3.8, 4) is 0 Å². The molecule has 0 fully saturated rings. The summed E-state index contributed by atoms with van der Waals surface area (Å²) in [6, 6.07) is 14.5. The summed E-state index contributed by atoms with van der Waals surface area (Å²) in [6.45, 7) is 2.02. The summed E-state index contributed by atoms with van der Waals surface area (Å²) in [4.78, 5) is 5.75. The van der Waals surface area contributed by atoms with Gasteiger partial charge in [-0.25, -0.2) is 0 Å². The van der Waals surface area contributed by atoms with Crippen LogP contribution in [0.1, 0.15) is 11.4 Å². The Labute approximate surface area is 121 Å². The Morgan fingerprint density at radius 2 is 1.82 bits per heavy atom. The molecule has 2 rings (SSSR count). The van der Waals surface area contributed by atoms with E-state index in [1.54, 1.807) is 0 Å². The monoisotopic (exact) mass is 329 g/mol. The van der Waals surface area contributed by atoms with Gasteiger partial charge in [0.15, 0.2) is 0 Å². The first-order valence-corrected chi connectivity index (χ1v) is 6.83. The van der Waals surface area contributed by atoms with Crippen molar-refractivity contribution in [1.29, 1.82) is 0 Å². The van der Waals surface area contributed by atoms with Crippen LogP contribution in [-0.4, -0.2) is 4.98 Å². The lowest BCUT2D eigenvalue weighted by atomic mass is 10.3. The number of halogens is 2. The molecule has 0 radical (unpaired) electrons. The quantitative estimate of drug-likeness (QED) is 0.745. The molecule has 1 aromatic carbocycles. The average Bonchev–Trinajstić information content (AvgIpc) is 2.28. The van der Waals surface area contributed by atoms with Crippen molar-refractivity contribution < 1.29 is 0 Å². The van der Waals surface area contributed by atoms with Crippen LogP contribution < -0.4 is 0 Å². The summed E-state index contributed by atoms with van der Waals surface area (Å²) in [6.07, 6.45) is 0. The number of hydrogen-bond acceptors (Lipinski definition) is 2. The number of benzene rings is 1. The molecule has 0 saturated heterocycles. The van der Waals surface area contributed by atoms with Crippen molar-refractivity contribution >= 4 is 40.1 Å². The molecule has 90 valence electrons. The SMILES string of the molecule is Cc1cccc(CSc2ccc(Br)cc2)n1.Cl. The topological polar surface area (TPSA) is 12.9 Å². The Hall–Kier alpha value is -0.510. The molecule has 0 bridgehead atoms. The zero-order chi connectivity index (χ0) is 11.4. The summed E-state index contributed by atoms with van der Waals surface area (Å²) < 4.78 is 1.12. The van der Waals surface area contributed by atoms with Gasteiger partial charge in [0.1, 0.15) is 0 Å². The largest absolute Gasteiger partial charge is 0.257 e. The van der Waals surface area contributed by atoms with Gasteiger partial charge in [-0.2, -0.15) is 0 Å². The molecule has 0 amide bonds. The molecule has 0 atom stereocenters. The lowest BCUT2D eigenvalue weighted by Gasteiger charge is -2.02. The number of hydrogen-bond donors (Lipinski definition) is 0. The average molecular weight is 331 g/mol. The molecule has 0 saturated carbocycles.